The average molecular weight is 241 g/mol. The van der Waals surface area contributed by atoms with E-state index in [1.54, 1.807) is 6.92 Å². The zero-order valence-electron chi connectivity index (χ0n) is 11.5. The lowest BCUT2D eigenvalue weighted by molar-refractivity contribution is -0.311. The van der Waals surface area contributed by atoms with Gasteiger partial charge in [-0.05, 0) is 58.8 Å². The van der Waals surface area contributed by atoms with E-state index in [-0.39, 0.29) is 0 Å². The second-order valence-electron chi connectivity index (χ2n) is 5.43. The van der Waals surface area contributed by atoms with Crippen molar-refractivity contribution >= 4 is 5.97 Å². The SMILES string of the molecule is CC(C)=CCCC(C)(O)CCCC(C)C(=O)[O-]. The molecule has 0 spiro atoms. The molecular formula is C14H25O3-. The highest BCUT2D eigenvalue weighted by Crippen LogP contribution is 2.21. The molecule has 0 aliphatic heterocycles. The Hall–Kier alpha value is -0.830. The van der Waals surface area contributed by atoms with E-state index in [2.05, 4.69) is 6.08 Å². The van der Waals surface area contributed by atoms with Crippen molar-refractivity contribution in [2.24, 2.45) is 5.92 Å². The lowest BCUT2D eigenvalue weighted by atomic mass is 9.91. The van der Waals surface area contributed by atoms with E-state index in [1.807, 2.05) is 20.8 Å². The summed E-state index contributed by atoms with van der Waals surface area (Å²) in [6.45, 7) is 7.54. The van der Waals surface area contributed by atoms with Crippen LogP contribution >= 0.6 is 0 Å². The Morgan fingerprint density at radius 2 is 2.00 bits per heavy atom. The zero-order valence-corrected chi connectivity index (χ0v) is 11.5. The standard InChI is InChI=1S/C14H26O3/c1-11(2)7-5-9-14(4,17)10-6-8-12(3)13(15)16/h7,12,17H,5-6,8-10H2,1-4H3,(H,15,16)/p-1. The van der Waals surface area contributed by atoms with Crippen LogP contribution in [0.15, 0.2) is 11.6 Å². The van der Waals surface area contributed by atoms with Crippen molar-refractivity contribution in [2.75, 3.05) is 0 Å². The number of aliphatic carboxylic acids is 1. The van der Waals surface area contributed by atoms with Crippen LogP contribution in [0.4, 0.5) is 0 Å². The van der Waals surface area contributed by atoms with Crippen LogP contribution in [0, 0.1) is 5.92 Å². The molecule has 100 valence electrons. The molecule has 3 nitrogen and oxygen atoms in total. The first-order valence-electron chi connectivity index (χ1n) is 6.31. The van der Waals surface area contributed by atoms with Crippen LogP contribution in [0.1, 0.15) is 59.8 Å². The lowest BCUT2D eigenvalue weighted by Crippen LogP contribution is -2.30. The number of carboxylic acids is 1. The highest BCUT2D eigenvalue weighted by molar-refractivity contribution is 5.66. The summed E-state index contributed by atoms with van der Waals surface area (Å²) in [5.74, 6) is -1.43. The topological polar surface area (TPSA) is 60.4 Å². The summed E-state index contributed by atoms with van der Waals surface area (Å²) in [6.07, 6.45) is 5.63. The Bertz CT molecular complexity index is 263. The first-order chi connectivity index (χ1) is 7.74. The molecule has 0 bridgehead atoms. The van der Waals surface area contributed by atoms with Gasteiger partial charge >= 0.3 is 0 Å². The smallest absolute Gasteiger partial charge is 0.0622 e. The second kappa shape index (κ2) is 7.49. The Balaban J connectivity index is 3.85. The predicted molar refractivity (Wildman–Crippen MR) is 67.3 cm³/mol. The predicted octanol–water partition coefficient (Wildman–Crippen LogP) is 2.04. The van der Waals surface area contributed by atoms with Gasteiger partial charge in [-0.25, -0.2) is 0 Å². The number of hydrogen-bond donors (Lipinski definition) is 1. The van der Waals surface area contributed by atoms with E-state index in [0.29, 0.717) is 12.8 Å². The van der Waals surface area contributed by atoms with Gasteiger partial charge in [-0.2, -0.15) is 0 Å². The van der Waals surface area contributed by atoms with Gasteiger partial charge < -0.3 is 15.0 Å². The van der Waals surface area contributed by atoms with Gasteiger partial charge in [0.15, 0.2) is 0 Å². The van der Waals surface area contributed by atoms with Crippen molar-refractivity contribution in [3.8, 4) is 0 Å². The molecule has 0 radical (unpaired) electrons. The minimum atomic E-state index is -1.01. The summed E-state index contributed by atoms with van der Waals surface area (Å²) in [4.78, 5) is 10.5. The molecule has 0 aliphatic rings. The van der Waals surface area contributed by atoms with Crippen LogP contribution < -0.4 is 5.11 Å². The van der Waals surface area contributed by atoms with E-state index in [1.165, 1.54) is 5.57 Å². The Morgan fingerprint density at radius 3 is 2.47 bits per heavy atom. The van der Waals surface area contributed by atoms with Crippen LogP contribution in [0.5, 0.6) is 0 Å². The molecule has 17 heavy (non-hydrogen) atoms. The Morgan fingerprint density at radius 1 is 1.41 bits per heavy atom. The van der Waals surface area contributed by atoms with Gasteiger partial charge in [-0.1, -0.05) is 18.6 Å². The maximum Gasteiger partial charge on any atom is 0.0622 e. The van der Waals surface area contributed by atoms with Gasteiger partial charge in [0, 0.05) is 5.97 Å². The van der Waals surface area contributed by atoms with Crippen molar-refractivity contribution < 1.29 is 15.0 Å². The molecule has 0 aliphatic carbocycles. The van der Waals surface area contributed by atoms with Gasteiger partial charge in [0.1, 0.15) is 0 Å². The van der Waals surface area contributed by atoms with E-state index in [4.69, 9.17) is 0 Å². The highest BCUT2D eigenvalue weighted by atomic mass is 16.4. The highest BCUT2D eigenvalue weighted by Gasteiger charge is 2.19. The quantitative estimate of drug-likeness (QED) is 0.661. The fourth-order valence-electron chi connectivity index (χ4n) is 1.70. The van der Waals surface area contributed by atoms with Gasteiger partial charge in [0.25, 0.3) is 0 Å². The third-order valence-corrected chi connectivity index (χ3v) is 2.99. The van der Waals surface area contributed by atoms with Crippen LogP contribution in [0.2, 0.25) is 0 Å². The molecule has 0 heterocycles. The number of allylic oxidation sites excluding steroid dienone is 2. The molecule has 1 N–H and O–H groups in total. The first kappa shape index (κ1) is 16.2. The molecule has 0 rings (SSSR count). The summed E-state index contributed by atoms with van der Waals surface area (Å²) in [5, 5.41) is 20.6. The molecule has 0 amide bonds. The molecular weight excluding hydrogens is 216 g/mol. The zero-order chi connectivity index (χ0) is 13.5. The molecule has 0 aromatic heterocycles. The summed E-state index contributed by atoms with van der Waals surface area (Å²) in [6, 6.07) is 0. The summed E-state index contributed by atoms with van der Waals surface area (Å²) < 4.78 is 0. The molecule has 0 aromatic rings. The van der Waals surface area contributed by atoms with Gasteiger partial charge in [-0.3, -0.25) is 0 Å². The number of carboxylic acid groups (broad SMARTS) is 1. The van der Waals surface area contributed by atoms with Gasteiger partial charge in [-0.15, -0.1) is 0 Å². The monoisotopic (exact) mass is 241 g/mol. The van der Waals surface area contributed by atoms with Crippen LogP contribution in [-0.2, 0) is 4.79 Å². The van der Waals surface area contributed by atoms with E-state index in [9.17, 15) is 15.0 Å². The van der Waals surface area contributed by atoms with Crippen molar-refractivity contribution in [1.29, 1.82) is 0 Å². The molecule has 2 unspecified atom stereocenters. The van der Waals surface area contributed by atoms with Gasteiger partial charge in [0.2, 0.25) is 0 Å². The molecule has 0 saturated carbocycles. The lowest BCUT2D eigenvalue weighted by Gasteiger charge is -2.23. The van der Waals surface area contributed by atoms with Crippen molar-refractivity contribution in [2.45, 2.75) is 65.4 Å². The Kier molecular flexibility index (Phi) is 7.12. The fraction of sp³-hybridized carbons (Fsp3) is 0.786. The Labute approximate surface area is 105 Å². The van der Waals surface area contributed by atoms with E-state index >= 15 is 0 Å². The van der Waals surface area contributed by atoms with E-state index < -0.39 is 17.5 Å². The van der Waals surface area contributed by atoms with Crippen molar-refractivity contribution in [1.82, 2.24) is 0 Å². The maximum absolute atomic E-state index is 10.5. The van der Waals surface area contributed by atoms with Crippen LogP contribution in [0.25, 0.3) is 0 Å². The van der Waals surface area contributed by atoms with Crippen LogP contribution in [0.3, 0.4) is 0 Å². The van der Waals surface area contributed by atoms with E-state index in [0.717, 1.165) is 19.3 Å². The third kappa shape index (κ3) is 8.93. The molecule has 0 saturated heterocycles. The van der Waals surface area contributed by atoms with Crippen LogP contribution in [-0.4, -0.2) is 16.7 Å². The summed E-state index contributed by atoms with van der Waals surface area (Å²) >= 11 is 0. The largest absolute Gasteiger partial charge is 0.550 e. The maximum atomic E-state index is 10.5. The number of hydrogen-bond acceptors (Lipinski definition) is 3. The summed E-state index contributed by atoms with van der Waals surface area (Å²) in [5.41, 5.74) is 0.559. The first-order valence-corrected chi connectivity index (χ1v) is 6.31. The number of rotatable bonds is 8. The third-order valence-electron chi connectivity index (χ3n) is 2.99. The summed E-state index contributed by atoms with van der Waals surface area (Å²) in [7, 11) is 0. The fourth-order valence-corrected chi connectivity index (χ4v) is 1.70. The average Bonchev–Trinajstić information content (AvgIpc) is 2.15. The molecule has 2 atom stereocenters. The molecule has 0 fully saturated rings. The number of aliphatic hydroxyl groups is 1. The molecule has 0 aromatic carbocycles. The minimum absolute atomic E-state index is 0.427. The minimum Gasteiger partial charge on any atom is -0.550 e. The normalized spacial score (nSPS) is 16.1. The second-order valence-corrected chi connectivity index (χ2v) is 5.43. The van der Waals surface area contributed by atoms with Crippen molar-refractivity contribution in [3.05, 3.63) is 11.6 Å². The van der Waals surface area contributed by atoms with Gasteiger partial charge in [0.05, 0.1) is 5.60 Å². The molecule has 3 heteroatoms. The number of carbonyl (C=O) groups excluding carboxylic acids is 1. The number of carbonyl (C=O) groups is 1. The van der Waals surface area contributed by atoms with Crippen molar-refractivity contribution in [3.63, 3.8) is 0 Å².